The van der Waals surface area contributed by atoms with Gasteiger partial charge in [-0.15, -0.1) is 0 Å². The second kappa shape index (κ2) is 7.80. The van der Waals surface area contributed by atoms with E-state index < -0.39 is 0 Å². The lowest BCUT2D eigenvalue weighted by Crippen LogP contribution is -2.32. The molecule has 2 aliphatic rings. The molecule has 0 spiro atoms. The normalized spacial score (nSPS) is 19.4. The van der Waals surface area contributed by atoms with Gasteiger partial charge in [-0.2, -0.15) is 0 Å². The van der Waals surface area contributed by atoms with Crippen LogP contribution in [0.15, 0.2) is 24.3 Å². The lowest BCUT2D eigenvalue weighted by Gasteiger charge is -2.37. The Morgan fingerprint density at radius 3 is 2.41 bits per heavy atom. The number of hydrogen-bond donors (Lipinski definition) is 0. The van der Waals surface area contributed by atoms with Crippen molar-refractivity contribution in [1.82, 2.24) is 4.90 Å². The summed E-state index contributed by atoms with van der Waals surface area (Å²) in [4.78, 5) is 14.4. The molecule has 0 unspecified atom stereocenters. The minimum atomic E-state index is 0.239. The molecule has 1 fully saturated rings. The van der Waals surface area contributed by atoms with Crippen LogP contribution in [-0.4, -0.2) is 17.4 Å². The molecule has 0 bridgehead atoms. The Kier molecular flexibility index (Phi) is 6.05. The first-order valence-corrected chi connectivity index (χ1v) is 9.11. The van der Waals surface area contributed by atoms with Crippen LogP contribution in [0.3, 0.4) is 0 Å². The molecule has 1 aromatic carbocycles. The Balaban J connectivity index is 0.000000847. The maximum atomic E-state index is 12.4. The number of fused-ring (bicyclic) bond motifs is 1. The molecule has 0 aromatic heterocycles. The van der Waals surface area contributed by atoms with Crippen molar-refractivity contribution in [1.29, 1.82) is 0 Å². The number of carbonyl (C=O) groups excluding carboxylic acids is 1. The van der Waals surface area contributed by atoms with Crippen molar-refractivity contribution in [2.75, 3.05) is 6.54 Å². The van der Waals surface area contributed by atoms with Gasteiger partial charge in [0.2, 0.25) is 0 Å². The second-order valence-corrected chi connectivity index (χ2v) is 6.55. The van der Waals surface area contributed by atoms with E-state index in [2.05, 4.69) is 17.9 Å². The largest absolute Gasteiger partial charge is 0.334 e. The highest BCUT2D eigenvalue weighted by Crippen LogP contribution is 2.42. The first-order valence-electron chi connectivity index (χ1n) is 9.11. The van der Waals surface area contributed by atoms with Crippen molar-refractivity contribution in [3.63, 3.8) is 0 Å². The maximum absolute atomic E-state index is 12.4. The summed E-state index contributed by atoms with van der Waals surface area (Å²) in [5.41, 5.74) is 2.63. The Morgan fingerprint density at radius 2 is 1.77 bits per heavy atom. The molecule has 1 saturated carbocycles. The third kappa shape index (κ3) is 3.53. The van der Waals surface area contributed by atoms with E-state index >= 15 is 0 Å². The van der Waals surface area contributed by atoms with E-state index in [0.29, 0.717) is 5.41 Å². The van der Waals surface area contributed by atoms with Gasteiger partial charge in [-0.1, -0.05) is 64.7 Å². The predicted molar refractivity (Wildman–Crippen MR) is 93.0 cm³/mol. The minimum absolute atomic E-state index is 0.239. The quantitative estimate of drug-likeness (QED) is 0.727. The van der Waals surface area contributed by atoms with Crippen LogP contribution in [0.4, 0.5) is 0 Å². The second-order valence-electron chi connectivity index (χ2n) is 6.55. The summed E-state index contributed by atoms with van der Waals surface area (Å²) in [6.45, 7) is 8.07. The number of carbonyl (C=O) groups is 1. The van der Waals surface area contributed by atoms with Crippen LogP contribution in [0.25, 0.3) is 0 Å². The van der Waals surface area contributed by atoms with Crippen LogP contribution >= 0.6 is 0 Å². The van der Waals surface area contributed by atoms with Gasteiger partial charge in [0, 0.05) is 18.7 Å². The third-order valence-corrected chi connectivity index (χ3v) is 5.47. The molecule has 0 radical (unpaired) electrons. The van der Waals surface area contributed by atoms with E-state index in [1.807, 2.05) is 32.0 Å². The Labute approximate surface area is 135 Å². The van der Waals surface area contributed by atoms with Crippen molar-refractivity contribution in [2.24, 2.45) is 5.41 Å². The van der Waals surface area contributed by atoms with Crippen molar-refractivity contribution >= 4 is 5.91 Å². The van der Waals surface area contributed by atoms with Crippen LogP contribution in [-0.2, 0) is 6.54 Å². The summed E-state index contributed by atoms with van der Waals surface area (Å²) in [6.07, 6.45) is 9.32. The van der Waals surface area contributed by atoms with Crippen molar-refractivity contribution < 1.29 is 4.79 Å². The average Bonchev–Trinajstić information content (AvgIpc) is 2.92. The Bertz CT molecular complexity index is 488. The molecular weight excluding hydrogens is 270 g/mol. The van der Waals surface area contributed by atoms with Gasteiger partial charge in [0.1, 0.15) is 0 Å². The number of nitrogens with zero attached hydrogens (tertiary/aromatic N) is 1. The molecule has 1 aromatic rings. The predicted octanol–water partition coefficient (Wildman–Crippen LogP) is 5.42. The van der Waals surface area contributed by atoms with Crippen molar-refractivity contribution in [2.45, 2.75) is 72.3 Å². The summed E-state index contributed by atoms with van der Waals surface area (Å²) in [5.74, 6) is 0.239. The lowest BCUT2D eigenvalue weighted by molar-refractivity contribution is 0.0721. The summed E-state index contributed by atoms with van der Waals surface area (Å²) in [5, 5.41) is 0. The molecule has 0 saturated heterocycles. The number of benzene rings is 1. The van der Waals surface area contributed by atoms with Crippen molar-refractivity contribution in [3.05, 3.63) is 35.4 Å². The highest BCUT2D eigenvalue weighted by molar-refractivity contribution is 5.98. The van der Waals surface area contributed by atoms with Gasteiger partial charge < -0.3 is 4.90 Å². The third-order valence-electron chi connectivity index (χ3n) is 5.47. The van der Waals surface area contributed by atoms with Gasteiger partial charge in [-0.05, 0) is 36.3 Å². The van der Waals surface area contributed by atoms with E-state index in [1.165, 1.54) is 50.5 Å². The molecule has 1 aliphatic carbocycles. The van der Waals surface area contributed by atoms with Gasteiger partial charge in [0.15, 0.2) is 0 Å². The monoisotopic (exact) mass is 301 g/mol. The van der Waals surface area contributed by atoms with Gasteiger partial charge in [0.05, 0.1) is 0 Å². The number of amides is 1. The average molecular weight is 301 g/mol. The molecule has 1 aliphatic heterocycles. The number of hydrogen-bond acceptors (Lipinski definition) is 1. The van der Waals surface area contributed by atoms with Gasteiger partial charge in [0.25, 0.3) is 5.91 Å². The van der Waals surface area contributed by atoms with E-state index in [-0.39, 0.29) is 5.91 Å². The fourth-order valence-electron chi connectivity index (χ4n) is 3.95. The zero-order valence-corrected chi connectivity index (χ0v) is 14.5. The SMILES string of the molecule is CC.CCC1(CCN2Cc3ccccc3C2=O)CCCCC1. The van der Waals surface area contributed by atoms with Crippen LogP contribution in [0.1, 0.15) is 81.6 Å². The topological polar surface area (TPSA) is 20.3 Å². The molecule has 0 N–H and O–H groups in total. The molecule has 1 heterocycles. The summed E-state index contributed by atoms with van der Waals surface area (Å²) >= 11 is 0. The first-order chi connectivity index (χ1) is 10.7. The van der Waals surface area contributed by atoms with Crippen LogP contribution < -0.4 is 0 Å². The molecule has 22 heavy (non-hydrogen) atoms. The Hall–Kier alpha value is -1.31. The Morgan fingerprint density at radius 1 is 1.09 bits per heavy atom. The standard InChI is InChI=1S/C18H25NO.C2H6/c1-2-18(10-6-3-7-11-18)12-13-19-14-15-8-4-5-9-16(15)17(19)20;1-2/h4-5,8-9H,2-3,6-7,10-14H2,1H3;1-2H3. The molecule has 3 rings (SSSR count). The minimum Gasteiger partial charge on any atom is -0.334 e. The highest BCUT2D eigenvalue weighted by atomic mass is 16.2. The van der Waals surface area contributed by atoms with Gasteiger partial charge in [-0.25, -0.2) is 0 Å². The fourth-order valence-corrected chi connectivity index (χ4v) is 3.95. The number of rotatable bonds is 4. The first kappa shape index (κ1) is 17.1. The molecular formula is C20H31NO. The molecule has 2 heteroatoms. The van der Waals surface area contributed by atoms with Crippen LogP contribution in [0.2, 0.25) is 0 Å². The van der Waals surface area contributed by atoms with Gasteiger partial charge in [-0.3, -0.25) is 4.79 Å². The summed E-state index contributed by atoms with van der Waals surface area (Å²) < 4.78 is 0. The smallest absolute Gasteiger partial charge is 0.254 e. The van der Waals surface area contributed by atoms with E-state index in [9.17, 15) is 4.79 Å². The van der Waals surface area contributed by atoms with E-state index in [1.54, 1.807) is 0 Å². The van der Waals surface area contributed by atoms with E-state index in [0.717, 1.165) is 18.7 Å². The summed E-state index contributed by atoms with van der Waals surface area (Å²) in [7, 11) is 0. The molecule has 0 atom stereocenters. The lowest BCUT2D eigenvalue weighted by atomic mass is 9.70. The molecule has 122 valence electrons. The zero-order chi connectivity index (χ0) is 16.0. The van der Waals surface area contributed by atoms with Crippen LogP contribution in [0, 0.1) is 5.41 Å². The van der Waals surface area contributed by atoms with Crippen LogP contribution in [0.5, 0.6) is 0 Å². The summed E-state index contributed by atoms with van der Waals surface area (Å²) in [6, 6.07) is 8.05. The van der Waals surface area contributed by atoms with Crippen molar-refractivity contribution in [3.8, 4) is 0 Å². The van der Waals surface area contributed by atoms with E-state index in [4.69, 9.17) is 0 Å². The maximum Gasteiger partial charge on any atom is 0.254 e. The fraction of sp³-hybridized carbons (Fsp3) is 0.650. The zero-order valence-electron chi connectivity index (χ0n) is 14.5. The molecule has 1 amide bonds. The highest BCUT2D eigenvalue weighted by Gasteiger charge is 2.33. The molecule has 2 nitrogen and oxygen atoms in total. The van der Waals surface area contributed by atoms with Gasteiger partial charge >= 0.3 is 0 Å².